The zero-order valence-electron chi connectivity index (χ0n) is 14.0. The molecule has 0 unspecified atom stereocenters. The van der Waals surface area contributed by atoms with Crippen LogP contribution in [0.5, 0.6) is 0 Å². The Morgan fingerprint density at radius 3 is 3.04 bits per heavy atom. The van der Waals surface area contributed by atoms with Crippen molar-refractivity contribution in [2.75, 3.05) is 6.61 Å². The van der Waals surface area contributed by atoms with Crippen LogP contribution in [0.4, 0.5) is 0 Å². The Kier molecular flexibility index (Phi) is 3.63. The molecule has 2 aliphatic heterocycles. The summed E-state index contributed by atoms with van der Waals surface area (Å²) in [6.45, 7) is 2.88. The second-order valence-electron chi connectivity index (χ2n) is 6.92. The van der Waals surface area contributed by atoms with Crippen LogP contribution in [0.15, 0.2) is 24.4 Å². The van der Waals surface area contributed by atoms with E-state index < -0.39 is 0 Å². The molecule has 4 rings (SSSR count). The molecule has 1 spiro atoms. The lowest BCUT2D eigenvalue weighted by atomic mass is 9.74. The molecule has 1 aromatic heterocycles. The maximum Gasteiger partial charge on any atom is 0.0997 e. The van der Waals surface area contributed by atoms with Gasteiger partial charge in [0.1, 0.15) is 0 Å². The normalized spacial score (nSPS) is 29.2. The molecule has 124 valence electrons. The van der Waals surface area contributed by atoms with Gasteiger partial charge in [-0.15, -0.1) is 5.10 Å². The minimum atomic E-state index is -0.311. The van der Waals surface area contributed by atoms with Gasteiger partial charge in [-0.3, -0.25) is 4.68 Å². The number of piperidine rings is 1. The molecule has 0 bridgehead atoms. The molecule has 24 heavy (non-hydrogen) atoms. The molecular formula is C18H21N5O. The third-order valence-corrected chi connectivity index (χ3v) is 5.11. The summed E-state index contributed by atoms with van der Waals surface area (Å²) in [5.74, 6) is 0. The van der Waals surface area contributed by atoms with Crippen LogP contribution in [0.3, 0.4) is 0 Å². The van der Waals surface area contributed by atoms with Crippen LogP contribution < -0.4 is 5.32 Å². The highest BCUT2D eigenvalue weighted by Gasteiger charge is 2.45. The lowest BCUT2D eigenvalue weighted by molar-refractivity contribution is -0.0987. The van der Waals surface area contributed by atoms with Crippen LogP contribution in [0, 0.1) is 11.3 Å². The number of fused-ring (bicyclic) bond motifs is 2. The standard InChI is InChI=1S/C18H21N5O/c1-12-8-18(9-16(20-12)17-11-23(2)22-21-17)15-4-3-13(10-19)7-14(15)5-6-24-18/h3-4,7,11-12,16,20H,5-6,8-9H2,1-2H3/t12-,16-,18-/m0/s1. The Hall–Kier alpha value is -2.23. The number of ether oxygens (including phenoxy) is 1. The first-order valence-electron chi connectivity index (χ1n) is 8.39. The second-order valence-corrected chi connectivity index (χ2v) is 6.92. The summed E-state index contributed by atoms with van der Waals surface area (Å²) in [5, 5.41) is 21.1. The Balaban J connectivity index is 1.73. The average molecular weight is 323 g/mol. The van der Waals surface area contributed by atoms with Crippen LogP contribution in [0.25, 0.3) is 0 Å². The molecule has 1 N–H and O–H groups in total. The number of nitriles is 1. The number of nitrogens with one attached hydrogen (secondary N) is 1. The van der Waals surface area contributed by atoms with Crippen LogP contribution in [-0.4, -0.2) is 27.6 Å². The third kappa shape index (κ3) is 2.50. The number of aromatic nitrogens is 3. The predicted molar refractivity (Wildman–Crippen MR) is 88.1 cm³/mol. The van der Waals surface area contributed by atoms with E-state index in [4.69, 9.17) is 10.00 Å². The average Bonchev–Trinajstić information content (AvgIpc) is 3.01. The van der Waals surface area contributed by atoms with Crippen molar-refractivity contribution >= 4 is 0 Å². The van der Waals surface area contributed by atoms with E-state index in [0.29, 0.717) is 12.6 Å². The van der Waals surface area contributed by atoms with Crippen molar-refractivity contribution in [3.05, 3.63) is 46.8 Å². The summed E-state index contributed by atoms with van der Waals surface area (Å²) in [6, 6.07) is 8.67. The molecule has 3 heterocycles. The molecule has 6 nitrogen and oxygen atoms in total. The van der Waals surface area contributed by atoms with Crippen LogP contribution in [0.1, 0.15) is 48.2 Å². The monoisotopic (exact) mass is 323 g/mol. The van der Waals surface area contributed by atoms with Crippen molar-refractivity contribution in [2.45, 2.75) is 43.9 Å². The fraction of sp³-hybridized carbons (Fsp3) is 0.500. The van der Waals surface area contributed by atoms with Crippen LogP contribution in [-0.2, 0) is 23.8 Å². The lowest BCUT2D eigenvalue weighted by Crippen LogP contribution is -2.50. The van der Waals surface area contributed by atoms with E-state index in [0.717, 1.165) is 30.5 Å². The summed E-state index contributed by atoms with van der Waals surface area (Å²) in [7, 11) is 1.88. The van der Waals surface area contributed by atoms with E-state index in [2.05, 4.69) is 34.7 Å². The van der Waals surface area contributed by atoms with Crippen molar-refractivity contribution in [3.63, 3.8) is 0 Å². The Morgan fingerprint density at radius 1 is 1.42 bits per heavy atom. The van der Waals surface area contributed by atoms with Gasteiger partial charge in [0.2, 0.25) is 0 Å². The molecule has 2 aromatic rings. The van der Waals surface area contributed by atoms with Crippen molar-refractivity contribution < 1.29 is 4.74 Å². The van der Waals surface area contributed by atoms with Gasteiger partial charge in [0.25, 0.3) is 0 Å². The first-order chi connectivity index (χ1) is 11.6. The first kappa shape index (κ1) is 15.3. The largest absolute Gasteiger partial charge is 0.370 e. The maximum atomic E-state index is 9.17. The van der Waals surface area contributed by atoms with Gasteiger partial charge in [0, 0.05) is 25.7 Å². The lowest BCUT2D eigenvalue weighted by Gasteiger charge is -2.47. The maximum absolute atomic E-state index is 9.17. The van der Waals surface area contributed by atoms with E-state index >= 15 is 0 Å². The van der Waals surface area contributed by atoms with Gasteiger partial charge < -0.3 is 10.1 Å². The fourth-order valence-electron chi connectivity index (χ4n) is 4.17. The highest BCUT2D eigenvalue weighted by molar-refractivity contribution is 5.43. The van der Waals surface area contributed by atoms with Gasteiger partial charge >= 0.3 is 0 Å². The predicted octanol–water partition coefficient (Wildman–Crippen LogP) is 1.97. The summed E-state index contributed by atoms with van der Waals surface area (Å²) in [5.41, 5.74) is 3.84. The number of hydrogen-bond donors (Lipinski definition) is 1. The van der Waals surface area contributed by atoms with Crippen molar-refractivity contribution in [3.8, 4) is 6.07 Å². The number of aryl methyl sites for hydroxylation is 1. The van der Waals surface area contributed by atoms with E-state index in [1.165, 1.54) is 11.1 Å². The molecule has 1 aromatic carbocycles. The number of rotatable bonds is 1. The molecule has 0 saturated carbocycles. The molecule has 0 radical (unpaired) electrons. The highest BCUT2D eigenvalue weighted by Crippen LogP contribution is 2.46. The van der Waals surface area contributed by atoms with Crippen LogP contribution >= 0.6 is 0 Å². The highest BCUT2D eigenvalue weighted by atomic mass is 16.5. The third-order valence-electron chi connectivity index (χ3n) is 5.11. The minimum Gasteiger partial charge on any atom is -0.370 e. The molecule has 6 heteroatoms. The van der Waals surface area contributed by atoms with E-state index in [-0.39, 0.29) is 11.6 Å². The van der Waals surface area contributed by atoms with Crippen molar-refractivity contribution in [2.24, 2.45) is 7.05 Å². The molecule has 0 aliphatic carbocycles. The smallest absolute Gasteiger partial charge is 0.0997 e. The first-order valence-corrected chi connectivity index (χ1v) is 8.39. The van der Waals surface area contributed by atoms with Gasteiger partial charge in [-0.1, -0.05) is 11.3 Å². The second kappa shape index (κ2) is 5.69. The number of hydrogen-bond acceptors (Lipinski definition) is 5. The summed E-state index contributed by atoms with van der Waals surface area (Å²) in [6.07, 6.45) is 4.58. The van der Waals surface area contributed by atoms with Gasteiger partial charge in [0.05, 0.1) is 35.6 Å². The van der Waals surface area contributed by atoms with E-state index in [1.54, 1.807) is 4.68 Å². The molecule has 1 fully saturated rings. The Morgan fingerprint density at radius 2 is 2.29 bits per heavy atom. The topological polar surface area (TPSA) is 75.8 Å². The Bertz CT molecular complexity index is 808. The van der Waals surface area contributed by atoms with Gasteiger partial charge in [-0.05, 0) is 43.0 Å². The molecule has 0 amide bonds. The van der Waals surface area contributed by atoms with Gasteiger partial charge in [0.15, 0.2) is 0 Å². The van der Waals surface area contributed by atoms with Gasteiger partial charge in [-0.25, -0.2) is 0 Å². The van der Waals surface area contributed by atoms with Crippen molar-refractivity contribution in [1.29, 1.82) is 5.26 Å². The SMILES string of the molecule is C[C@H]1C[C@@]2(C[C@@H](c3cn(C)nn3)N1)OCCc1cc(C#N)ccc12. The minimum absolute atomic E-state index is 0.115. The molecule has 2 aliphatic rings. The molecular weight excluding hydrogens is 302 g/mol. The fourth-order valence-corrected chi connectivity index (χ4v) is 4.17. The molecule has 3 atom stereocenters. The van der Waals surface area contributed by atoms with Crippen LogP contribution in [0.2, 0.25) is 0 Å². The quantitative estimate of drug-likeness (QED) is 0.868. The zero-order valence-corrected chi connectivity index (χ0v) is 14.0. The summed E-state index contributed by atoms with van der Waals surface area (Å²) < 4.78 is 8.09. The zero-order chi connectivity index (χ0) is 16.7. The molecule has 1 saturated heterocycles. The Labute approximate surface area is 141 Å². The summed E-state index contributed by atoms with van der Waals surface area (Å²) in [4.78, 5) is 0. The van der Waals surface area contributed by atoms with Crippen molar-refractivity contribution in [1.82, 2.24) is 20.3 Å². The number of nitrogens with zero attached hydrogens (tertiary/aromatic N) is 4. The van der Waals surface area contributed by atoms with E-state index in [1.807, 2.05) is 25.4 Å². The van der Waals surface area contributed by atoms with Gasteiger partial charge in [-0.2, -0.15) is 5.26 Å². The number of benzene rings is 1. The summed E-state index contributed by atoms with van der Waals surface area (Å²) >= 11 is 0. The van der Waals surface area contributed by atoms with E-state index in [9.17, 15) is 0 Å².